The van der Waals surface area contributed by atoms with E-state index in [1.54, 1.807) is 43.6 Å². The van der Waals surface area contributed by atoms with Gasteiger partial charge in [0, 0.05) is 41.9 Å². The maximum atomic E-state index is 13.1. The molecule has 40 heavy (non-hydrogen) atoms. The minimum absolute atomic E-state index is 0.00206. The number of urea groups is 1. The van der Waals surface area contributed by atoms with Gasteiger partial charge in [-0.2, -0.15) is 4.98 Å². The Labute approximate surface area is 232 Å². The van der Waals surface area contributed by atoms with E-state index in [9.17, 15) is 13.2 Å². The fourth-order valence-corrected chi connectivity index (χ4v) is 5.29. The first-order valence-corrected chi connectivity index (χ1v) is 14.2. The van der Waals surface area contributed by atoms with E-state index >= 15 is 0 Å². The first kappa shape index (κ1) is 26.9. The molecule has 0 spiro atoms. The number of carbonyl (C=O) groups is 1. The van der Waals surface area contributed by atoms with E-state index in [4.69, 9.17) is 4.74 Å². The lowest BCUT2D eigenvalue weighted by Crippen LogP contribution is -2.26. The van der Waals surface area contributed by atoms with Gasteiger partial charge in [0.05, 0.1) is 12.0 Å². The molecule has 206 valence electrons. The molecule has 5 rings (SSSR count). The van der Waals surface area contributed by atoms with Gasteiger partial charge in [-0.3, -0.25) is 0 Å². The molecule has 1 aromatic heterocycles. The van der Waals surface area contributed by atoms with E-state index < -0.39 is 16.1 Å². The van der Waals surface area contributed by atoms with Crippen molar-refractivity contribution in [2.75, 3.05) is 41.5 Å². The van der Waals surface area contributed by atoms with Crippen LogP contribution in [0.1, 0.15) is 12.8 Å². The van der Waals surface area contributed by atoms with E-state index in [0.717, 1.165) is 16.9 Å². The molecule has 3 aromatic carbocycles. The Balaban J connectivity index is 1.48. The molecule has 1 aliphatic rings. The molecule has 4 aromatic rings. The lowest BCUT2D eigenvalue weighted by Gasteiger charge is -2.16. The number of sulfonamides is 1. The van der Waals surface area contributed by atoms with Gasteiger partial charge in [0.15, 0.2) is 0 Å². The number of rotatable bonds is 4. The highest BCUT2D eigenvalue weighted by Crippen LogP contribution is 2.30. The minimum Gasteiger partial charge on any atom is -0.497 e. The zero-order valence-corrected chi connectivity index (χ0v) is 22.6. The predicted octanol–water partition coefficient (Wildman–Crippen LogP) is 5.02. The van der Waals surface area contributed by atoms with Gasteiger partial charge in [0.25, 0.3) is 0 Å². The molecule has 0 saturated carbocycles. The number of fused-ring (bicyclic) bond motifs is 4. The minimum atomic E-state index is -3.84. The Morgan fingerprint density at radius 1 is 0.925 bits per heavy atom. The summed E-state index contributed by atoms with van der Waals surface area (Å²) in [5.74, 6) is 1.65. The summed E-state index contributed by atoms with van der Waals surface area (Å²) in [6, 6.07) is 20.5. The van der Waals surface area contributed by atoms with Crippen molar-refractivity contribution < 1.29 is 17.9 Å². The third-order valence-electron chi connectivity index (χ3n) is 6.14. The number of aromatic nitrogens is 2. The van der Waals surface area contributed by atoms with Gasteiger partial charge in [0.1, 0.15) is 11.6 Å². The Kier molecular flexibility index (Phi) is 8.08. The van der Waals surface area contributed by atoms with Gasteiger partial charge in [-0.05, 0) is 60.9 Å². The quantitative estimate of drug-likeness (QED) is 0.234. The third kappa shape index (κ3) is 6.65. The molecule has 1 aliphatic heterocycles. The summed E-state index contributed by atoms with van der Waals surface area (Å²) in [5, 5.41) is 11.9. The molecule has 2 heterocycles. The summed E-state index contributed by atoms with van der Waals surface area (Å²) >= 11 is 0. The first-order chi connectivity index (χ1) is 19.4. The van der Waals surface area contributed by atoms with Gasteiger partial charge >= 0.3 is 6.03 Å². The van der Waals surface area contributed by atoms with Crippen molar-refractivity contribution in [1.82, 2.24) is 14.7 Å². The monoisotopic (exact) mass is 559 g/mol. The van der Waals surface area contributed by atoms with Crippen molar-refractivity contribution in [2.24, 2.45) is 0 Å². The van der Waals surface area contributed by atoms with Crippen LogP contribution in [0.5, 0.6) is 5.75 Å². The zero-order chi connectivity index (χ0) is 28.0. The molecule has 2 amide bonds. The Bertz CT molecular complexity index is 1600. The van der Waals surface area contributed by atoms with Crippen LogP contribution in [-0.2, 0) is 10.0 Å². The van der Waals surface area contributed by atoms with Crippen LogP contribution in [0.2, 0.25) is 0 Å². The number of benzene rings is 3. The lowest BCUT2D eigenvalue weighted by molar-refractivity contribution is 0.262. The zero-order valence-electron chi connectivity index (χ0n) is 21.8. The molecule has 0 aliphatic carbocycles. The summed E-state index contributed by atoms with van der Waals surface area (Å²) in [4.78, 5) is 21.8. The van der Waals surface area contributed by atoms with Crippen LogP contribution in [-0.4, -0.2) is 44.6 Å². The average molecular weight is 560 g/mol. The van der Waals surface area contributed by atoms with Crippen molar-refractivity contribution >= 4 is 44.9 Å². The predicted molar refractivity (Wildman–Crippen MR) is 156 cm³/mol. The van der Waals surface area contributed by atoms with Crippen molar-refractivity contribution in [2.45, 2.75) is 17.7 Å². The SMILES string of the molecule is COc1ccc(-c2cnc3nc2NCCCCNS(=O)(=O)c2cc(NC(=O)Nc4ccccc4)cc(c2)N3)cc1. The number of amides is 2. The molecule has 0 atom stereocenters. The van der Waals surface area contributed by atoms with Gasteiger partial charge in [-0.1, -0.05) is 30.3 Å². The van der Waals surface area contributed by atoms with Crippen LogP contribution in [0.15, 0.2) is 83.9 Å². The highest BCUT2D eigenvalue weighted by molar-refractivity contribution is 7.89. The largest absolute Gasteiger partial charge is 0.497 e. The molecule has 4 bridgehead atoms. The number of anilines is 5. The van der Waals surface area contributed by atoms with Crippen LogP contribution in [0.25, 0.3) is 11.1 Å². The van der Waals surface area contributed by atoms with E-state index in [1.807, 2.05) is 30.3 Å². The normalized spacial score (nSPS) is 14.5. The number of nitrogens with zero attached hydrogens (tertiary/aromatic N) is 2. The molecule has 0 unspecified atom stereocenters. The van der Waals surface area contributed by atoms with E-state index in [1.165, 1.54) is 12.1 Å². The van der Waals surface area contributed by atoms with E-state index in [-0.39, 0.29) is 23.1 Å². The molecular formula is C28H29N7O4S. The summed E-state index contributed by atoms with van der Waals surface area (Å²) in [6.45, 7) is 0.858. The van der Waals surface area contributed by atoms with Crippen LogP contribution < -0.4 is 30.7 Å². The number of nitrogens with one attached hydrogen (secondary N) is 5. The number of ether oxygens (including phenoxy) is 1. The van der Waals surface area contributed by atoms with Crippen LogP contribution in [0, 0.1) is 0 Å². The van der Waals surface area contributed by atoms with Gasteiger partial charge in [-0.25, -0.2) is 22.9 Å². The third-order valence-corrected chi connectivity index (χ3v) is 7.58. The highest BCUT2D eigenvalue weighted by atomic mass is 32.2. The van der Waals surface area contributed by atoms with Crippen molar-refractivity contribution in [3.05, 3.63) is 79.0 Å². The van der Waals surface area contributed by atoms with Crippen molar-refractivity contribution in [3.63, 3.8) is 0 Å². The number of hydrogen-bond acceptors (Lipinski definition) is 8. The fourth-order valence-electron chi connectivity index (χ4n) is 4.15. The molecule has 12 heteroatoms. The van der Waals surface area contributed by atoms with Crippen molar-refractivity contribution in [3.8, 4) is 16.9 Å². The first-order valence-electron chi connectivity index (χ1n) is 12.7. The lowest BCUT2D eigenvalue weighted by atomic mass is 10.1. The molecule has 5 N–H and O–H groups in total. The standard InChI is InChI=1S/C28H29N7O4S/c1-39-23-11-9-19(10-12-23)25-18-30-27-32-21-15-22(34-28(36)33-20-7-3-2-4-8-20)17-24(16-21)40(37,38)31-14-6-5-13-29-26(25)35-27/h2-4,7-12,15-18,31H,5-6,13-14H2,1H3,(H2,33,34,36)(H2,29,30,32,35). The number of hydrogen-bond donors (Lipinski definition) is 5. The maximum absolute atomic E-state index is 13.1. The van der Waals surface area contributed by atoms with E-state index in [2.05, 4.69) is 36.0 Å². The van der Waals surface area contributed by atoms with Gasteiger partial charge < -0.3 is 26.0 Å². The number of methoxy groups -OCH3 is 1. The summed E-state index contributed by atoms with van der Waals surface area (Å²) in [5.41, 5.74) is 3.00. The molecule has 0 fully saturated rings. The average Bonchev–Trinajstić information content (AvgIpc) is 2.95. The maximum Gasteiger partial charge on any atom is 0.323 e. The number of carbonyl (C=O) groups excluding carboxylic acids is 1. The summed E-state index contributed by atoms with van der Waals surface area (Å²) in [7, 11) is -2.22. The van der Waals surface area contributed by atoms with Crippen LogP contribution in [0.4, 0.5) is 33.6 Å². The van der Waals surface area contributed by atoms with Crippen molar-refractivity contribution in [1.29, 1.82) is 0 Å². The Morgan fingerprint density at radius 2 is 1.68 bits per heavy atom. The molecular weight excluding hydrogens is 530 g/mol. The number of para-hydroxylation sites is 1. The Morgan fingerprint density at radius 3 is 2.45 bits per heavy atom. The highest BCUT2D eigenvalue weighted by Gasteiger charge is 2.18. The van der Waals surface area contributed by atoms with Crippen LogP contribution >= 0.6 is 0 Å². The second-order valence-corrected chi connectivity index (χ2v) is 10.8. The molecule has 0 radical (unpaired) electrons. The van der Waals surface area contributed by atoms with E-state index in [0.29, 0.717) is 36.6 Å². The van der Waals surface area contributed by atoms with Crippen LogP contribution in [0.3, 0.4) is 0 Å². The Hall–Kier alpha value is -4.68. The summed E-state index contributed by atoms with van der Waals surface area (Å²) in [6.07, 6.45) is 3.04. The second-order valence-electron chi connectivity index (χ2n) is 9.03. The molecule has 0 saturated heterocycles. The van der Waals surface area contributed by atoms with Gasteiger partial charge in [0.2, 0.25) is 16.0 Å². The fraction of sp³-hybridized carbons (Fsp3) is 0.179. The second kappa shape index (κ2) is 12.0. The van der Waals surface area contributed by atoms with Gasteiger partial charge in [-0.15, -0.1) is 0 Å². The topological polar surface area (TPSA) is 146 Å². The summed E-state index contributed by atoms with van der Waals surface area (Å²) < 4.78 is 34.0. The smallest absolute Gasteiger partial charge is 0.323 e. The molecule has 11 nitrogen and oxygen atoms in total.